The maximum atomic E-state index is 10.5. The molecule has 0 atom stereocenters. The van der Waals surface area contributed by atoms with E-state index >= 15 is 0 Å². The maximum Gasteiger partial charge on any atom is 0.250 e. The molecule has 1 aromatic carbocycles. The van der Waals surface area contributed by atoms with E-state index in [1.54, 1.807) is 6.07 Å². The third-order valence-corrected chi connectivity index (χ3v) is 7.67. The molecule has 0 amide bonds. The van der Waals surface area contributed by atoms with Crippen LogP contribution in [-0.2, 0) is 0 Å². The van der Waals surface area contributed by atoms with Crippen LogP contribution in [0.15, 0.2) is 20.1 Å². The van der Waals surface area contributed by atoms with E-state index in [9.17, 15) is 5.11 Å². The smallest absolute Gasteiger partial charge is 0.250 e. The molecular formula is C21H27Br2N7O2. The molecule has 0 bridgehead atoms. The number of phenolic OH excluding ortho intramolecular Hbond substituents is 1. The fraction of sp³-hybridized carbons (Fsp3) is 0.524. The SMILES string of the molecule is COc1cc(Br)c(Br)c(/C=N/Nc2nc(N3CCCCC3)nc(N3CCCCC3)n2)c1O. The van der Waals surface area contributed by atoms with Crippen molar-refractivity contribution in [3.05, 3.63) is 20.6 Å². The fourth-order valence-electron chi connectivity index (χ4n) is 3.91. The van der Waals surface area contributed by atoms with Crippen molar-refractivity contribution < 1.29 is 9.84 Å². The van der Waals surface area contributed by atoms with Gasteiger partial charge in [-0.3, -0.25) is 0 Å². The molecule has 0 aliphatic carbocycles. The van der Waals surface area contributed by atoms with Gasteiger partial charge < -0.3 is 19.6 Å². The number of ether oxygens (including phenoxy) is 1. The van der Waals surface area contributed by atoms with Gasteiger partial charge in [0, 0.05) is 35.1 Å². The first-order valence-corrected chi connectivity index (χ1v) is 12.5. The molecule has 9 nitrogen and oxygen atoms in total. The number of nitrogens with zero attached hydrogens (tertiary/aromatic N) is 6. The van der Waals surface area contributed by atoms with Gasteiger partial charge in [0.05, 0.1) is 18.9 Å². The summed E-state index contributed by atoms with van der Waals surface area (Å²) in [6.07, 6.45) is 8.56. The first kappa shape index (κ1) is 23.0. The number of halogens is 2. The van der Waals surface area contributed by atoms with Crippen LogP contribution in [0.25, 0.3) is 0 Å². The van der Waals surface area contributed by atoms with Gasteiger partial charge in [-0.25, -0.2) is 5.43 Å². The van der Waals surface area contributed by atoms with E-state index in [0.29, 0.717) is 33.6 Å². The first-order chi connectivity index (χ1) is 15.6. The van der Waals surface area contributed by atoms with Crippen LogP contribution in [0.3, 0.4) is 0 Å². The second-order valence-corrected chi connectivity index (χ2v) is 9.51. The molecule has 4 rings (SSSR count). The highest BCUT2D eigenvalue weighted by Gasteiger charge is 2.20. The van der Waals surface area contributed by atoms with Gasteiger partial charge in [-0.15, -0.1) is 0 Å². The summed E-state index contributed by atoms with van der Waals surface area (Å²) in [5, 5.41) is 14.8. The standard InChI is InChI=1S/C21H27Br2N7O2/c1-32-16-12-15(22)17(23)14(18(16)31)13-24-28-19-25-20(29-8-4-2-5-9-29)27-21(26-19)30-10-6-3-7-11-30/h12-13,31H,2-11H2,1H3,(H,25,26,27,28)/b24-13+. The van der Waals surface area contributed by atoms with E-state index < -0.39 is 0 Å². The summed E-state index contributed by atoms with van der Waals surface area (Å²) >= 11 is 6.92. The first-order valence-electron chi connectivity index (χ1n) is 10.9. The van der Waals surface area contributed by atoms with Gasteiger partial charge >= 0.3 is 0 Å². The predicted molar refractivity (Wildman–Crippen MR) is 133 cm³/mol. The fourth-order valence-corrected chi connectivity index (χ4v) is 4.74. The Morgan fingerprint density at radius 3 is 2.06 bits per heavy atom. The van der Waals surface area contributed by atoms with Gasteiger partial charge in [-0.05, 0) is 76.5 Å². The lowest BCUT2D eigenvalue weighted by molar-refractivity contribution is 0.372. The summed E-state index contributed by atoms with van der Waals surface area (Å²) in [4.78, 5) is 18.5. The highest BCUT2D eigenvalue weighted by atomic mass is 79.9. The van der Waals surface area contributed by atoms with Crippen LogP contribution in [0, 0.1) is 0 Å². The second-order valence-electron chi connectivity index (χ2n) is 7.86. The number of benzene rings is 1. The predicted octanol–water partition coefficient (Wildman–Crippen LogP) is 4.54. The van der Waals surface area contributed by atoms with E-state index in [-0.39, 0.29) is 5.75 Å². The minimum Gasteiger partial charge on any atom is -0.504 e. The third-order valence-electron chi connectivity index (χ3n) is 5.66. The van der Waals surface area contributed by atoms with Gasteiger partial charge in [0.15, 0.2) is 11.5 Å². The summed E-state index contributed by atoms with van der Waals surface area (Å²) in [5.41, 5.74) is 3.41. The van der Waals surface area contributed by atoms with Gasteiger partial charge in [0.1, 0.15) is 0 Å². The molecular weight excluding hydrogens is 542 g/mol. The number of nitrogens with one attached hydrogen (secondary N) is 1. The number of aromatic nitrogens is 3. The summed E-state index contributed by atoms with van der Waals surface area (Å²) in [5.74, 6) is 2.10. The van der Waals surface area contributed by atoms with Crippen molar-refractivity contribution in [1.82, 2.24) is 15.0 Å². The van der Waals surface area contributed by atoms with E-state index in [1.807, 2.05) is 0 Å². The van der Waals surface area contributed by atoms with Gasteiger partial charge in [-0.1, -0.05) is 0 Å². The van der Waals surface area contributed by atoms with Crippen LogP contribution in [0.5, 0.6) is 11.5 Å². The molecule has 11 heteroatoms. The quantitative estimate of drug-likeness (QED) is 0.387. The van der Waals surface area contributed by atoms with Crippen LogP contribution in [0.2, 0.25) is 0 Å². The summed E-state index contributed by atoms with van der Waals surface area (Å²) in [6, 6.07) is 1.69. The lowest BCUT2D eigenvalue weighted by Gasteiger charge is -2.30. The van der Waals surface area contributed by atoms with Crippen molar-refractivity contribution in [2.45, 2.75) is 38.5 Å². The van der Waals surface area contributed by atoms with Gasteiger partial charge in [-0.2, -0.15) is 20.1 Å². The molecule has 0 unspecified atom stereocenters. The number of rotatable bonds is 6. The van der Waals surface area contributed by atoms with Crippen LogP contribution >= 0.6 is 31.9 Å². The van der Waals surface area contributed by atoms with Gasteiger partial charge in [0.25, 0.3) is 0 Å². The minimum atomic E-state index is -0.00761. The van der Waals surface area contributed by atoms with E-state index in [2.05, 4.69) is 62.2 Å². The minimum absolute atomic E-state index is 0.00761. The molecule has 2 aromatic rings. The van der Waals surface area contributed by atoms with Crippen molar-refractivity contribution in [3.63, 3.8) is 0 Å². The zero-order chi connectivity index (χ0) is 22.5. The summed E-state index contributed by atoms with van der Waals surface area (Å²) < 4.78 is 6.64. The molecule has 2 fully saturated rings. The molecule has 32 heavy (non-hydrogen) atoms. The Morgan fingerprint density at radius 1 is 0.969 bits per heavy atom. The Bertz CT molecular complexity index is 941. The zero-order valence-corrected chi connectivity index (χ0v) is 21.2. The topological polar surface area (TPSA) is 99.0 Å². The van der Waals surface area contributed by atoms with Crippen molar-refractivity contribution in [2.24, 2.45) is 5.10 Å². The molecule has 3 heterocycles. The second kappa shape index (κ2) is 10.7. The Labute approximate surface area is 204 Å². The highest BCUT2D eigenvalue weighted by Crippen LogP contribution is 2.39. The number of phenols is 1. The maximum absolute atomic E-state index is 10.5. The van der Waals surface area contributed by atoms with Gasteiger partial charge in [0.2, 0.25) is 17.8 Å². The largest absolute Gasteiger partial charge is 0.504 e. The zero-order valence-electron chi connectivity index (χ0n) is 18.0. The summed E-state index contributed by atoms with van der Waals surface area (Å²) in [7, 11) is 1.50. The van der Waals surface area contributed by atoms with Crippen LogP contribution in [0.4, 0.5) is 17.8 Å². The lowest BCUT2D eigenvalue weighted by atomic mass is 10.1. The number of piperidine rings is 2. The average Bonchev–Trinajstić information content (AvgIpc) is 2.84. The Hall–Kier alpha value is -2.14. The monoisotopic (exact) mass is 567 g/mol. The summed E-state index contributed by atoms with van der Waals surface area (Å²) in [6.45, 7) is 3.80. The van der Waals surface area contributed by atoms with E-state index in [4.69, 9.17) is 9.72 Å². The number of aromatic hydroxyl groups is 1. The molecule has 0 spiro atoms. The van der Waals surface area contributed by atoms with Crippen molar-refractivity contribution >= 4 is 55.9 Å². The Kier molecular flexibility index (Phi) is 7.67. The Balaban J connectivity index is 1.60. The molecule has 0 saturated carbocycles. The van der Waals surface area contributed by atoms with Crippen LogP contribution in [0.1, 0.15) is 44.1 Å². The van der Waals surface area contributed by atoms with Crippen molar-refractivity contribution in [3.8, 4) is 11.5 Å². The highest BCUT2D eigenvalue weighted by molar-refractivity contribution is 9.13. The lowest BCUT2D eigenvalue weighted by Crippen LogP contribution is -2.34. The molecule has 2 aliphatic heterocycles. The third kappa shape index (κ3) is 5.25. The Morgan fingerprint density at radius 2 is 1.53 bits per heavy atom. The molecule has 1 aromatic heterocycles. The van der Waals surface area contributed by atoms with Crippen molar-refractivity contribution in [2.75, 3.05) is 48.5 Å². The molecule has 172 valence electrons. The number of hydrogen-bond acceptors (Lipinski definition) is 9. The normalized spacial score (nSPS) is 17.1. The molecule has 2 aliphatic rings. The number of hydrazone groups is 1. The van der Waals surface area contributed by atoms with Crippen molar-refractivity contribution in [1.29, 1.82) is 0 Å². The molecule has 2 N–H and O–H groups in total. The van der Waals surface area contributed by atoms with E-state index in [0.717, 1.165) is 56.3 Å². The number of methoxy groups -OCH3 is 1. The van der Waals surface area contributed by atoms with Crippen LogP contribution < -0.4 is 20.0 Å². The average molecular weight is 569 g/mol. The molecule has 2 saturated heterocycles. The number of hydrogen-bond donors (Lipinski definition) is 2. The molecule has 0 radical (unpaired) electrons. The van der Waals surface area contributed by atoms with E-state index in [1.165, 1.54) is 26.2 Å². The van der Waals surface area contributed by atoms with Crippen LogP contribution in [-0.4, -0.2) is 59.6 Å². The number of anilines is 3.